The summed E-state index contributed by atoms with van der Waals surface area (Å²) in [5, 5.41) is 0. The SMILES string of the molecule is CCC(=O)c1c(-c2ccc(C)c(C)c2F)c(C)n2c1-c1cc(OC)c(OC)cc1CC2. The summed E-state index contributed by atoms with van der Waals surface area (Å²) in [6.07, 6.45) is 1.14. The molecule has 2 aromatic carbocycles. The second-order valence-electron chi connectivity index (χ2n) is 8.10. The number of methoxy groups -OCH3 is 2. The highest BCUT2D eigenvalue weighted by Gasteiger charge is 2.32. The van der Waals surface area contributed by atoms with Crippen molar-refractivity contribution >= 4 is 5.78 Å². The molecule has 4 nitrogen and oxygen atoms in total. The summed E-state index contributed by atoms with van der Waals surface area (Å²) < 4.78 is 28.6. The summed E-state index contributed by atoms with van der Waals surface area (Å²) in [4.78, 5) is 13.3. The van der Waals surface area contributed by atoms with Gasteiger partial charge in [-0.1, -0.05) is 19.1 Å². The molecule has 3 aromatic rings. The summed E-state index contributed by atoms with van der Waals surface area (Å²) >= 11 is 0. The molecule has 5 heteroatoms. The van der Waals surface area contributed by atoms with Crippen molar-refractivity contribution < 1.29 is 18.7 Å². The highest BCUT2D eigenvalue weighted by Crippen LogP contribution is 2.46. The van der Waals surface area contributed by atoms with E-state index in [0.717, 1.165) is 41.0 Å². The van der Waals surface area contributed by atoms with Gasteiger partial charge in [0.15, 0.2) is 17.3 Å². The lowest BCUT2D eigenvalue weighted by Crippen LogP contribution is -2.14. The fourth-order valence-electron chi connectivity index (χ4n) is 4.63. The molecule has 0 saturated heterocycles. The Morgan fingerprint density at radius 2 is 1.74 bits per heavy atom. The third kappa shape index (κ3) is 3.14. The molecule has 0 atom stereocenters. The Bertz CT molecular complexity index is 1210. The van der Waals surface area contributed by atoms with Gasteiger partial charge in [-0.05, 0) is 56.0 Å². The van der Waals surface area contributed by atoms with Crippen molar-refractivity contribution in [1.82, 2.24) is 4.57 Å². The lowest BCUT2D eigenvalue weighted by atomic mass is 9.90. The van der Waals surface area contributed by atoms with Gasteiger partial charge in [0.25, 0.3) is 0 Å². The number of hydrogen-bond acceptors (Lipinski definition) is 3. The van der Waals surface area contributed by atoms with E-state index >= 15 is 4.39 Å². The van der Waals surface area contributed by atoms with Crippen LogP contribution in [0.2, 0.25) is 0 Å². The van der Waals surface area contributed by atoms with Crippen molar-refractivity contribution in [2.24, 2.45) is 0 Å². The first-order chi connectivity index (χ1) is 14.8. The number of carbonyl (C=O) groups excluding carboxylic acids is 1. The molecule has 0 unspecified atom stereocenters. The molecular formula is C26H28FNO3. The third-order valence-corrected chi connectivity index (χ3v) is 6.52. The minimum absolute atomic E-state index is 0.00659. The van der Waals surface area contributed by atoms with Crippen molar-refractivity contribution in [3.8, 4) is 33.9 Å². The van der Waals surface area contributed by atoms with Crippen molar-refractivity contribution in [2.45, 2.75) is 47.1 Å². The maximum Gasteiger partial charge on any atom is 0.165 e. The lowest BCUT2D eigenvalue weighted by molar-refractivity contribution is 0.0989. The molecule has 1 aromatic heterocycles. The molecule has 0 saturated carbocycles. The van der Waals surface area contributed by atoms with E-state index in [1.807, 2.05) is 39.0 Å². The van der Waals surface area contributed by atoms with Crippen LogP contribution in [0.25, 0.3) is 22.4 Å². The zero-order valence-electron chi connectivity index (χ0n) is 19.0. The number of Topliss-reactive ketones (excluding diaryl/α,β-unsaturated/α-hetero) is 1. The van der Waals surface area contributed by atoms with Gasteiger partial charge >= 0.3 is 0 Å². The first-order valence-electron chi connectivity index (χ1n) is 10.6. The number of carbonyl (C=O) groups is 1. The molecule has 0 radical (unpaired) electrons. The summed E-state index contributed by atoms with van der Waals surface area (Å²) in [7, 11) is 3.22. The zero-order chi connectivity index (χ0) is 22.4. The highest BCUT2D eigenvalue weighted by atomic mass is 19.1. The van der Waals surface area contributed by atoms with Gasteiger partial charge in [-0.3, -0.25) is 4.79 Å². The standard InChI is InChI=1S/C26H28FNO3/c1-7-20(29)24-23(18-9-8-14(2)15(3)25(18)27)16(4)28-11-10-17-12-21(30-5)22(31-6)13-19(17)26(24)28/h8-9,12-13H,7,10-11H2,1-6H3. The first kappa shape index (κ1) is 21.2. The summed E-state index contributed by atoms with van der Waals surface area (Å²) in [6.45, 7) is 8.23. The average Bonchev–Trinajstić information content (AvgIpc) is 3.08. The molecule has 2 heterocycles. The van der Waals surface area contributed by atoms with Crippen LogP contribution in [0, 0.1) is 26.6 Å². The van der Waals surface area contributed by atoms with Crippen LogP contribution in [0.3, 0.4) is 0 Å². The Balaban J connectivity index is 2.09. The van der Waals surface area contributed by atoms with Crippen LogP contribution in [-0.4, -0.2) is 24.6 Å². The Morgan fingerprint density at radius 3 is 2.39 bits per heavy atom. The third-order valence-electron chi connectivity index (χ3n) is 6.52. The molecule has 0 spiro atoms. The van der Waals surface area contributed by atoms with Crippen molar-refractivity contribution in [2.75, 3.05) is 14.2 Å². The maximum absolute atomic E-state index is 15.4. The van der Waals surface area contributed by atoms with E-state index < -0.39 is 0 Å². The molecule has 1 aliphatic rings. The number of halogens is 1. The molecule has 31 heavy (non-hydrogen) atoms. The van der Waals surface area contributed by atoms with Gasteiger partial charge in [0.05, 0.1) is 25.5 Å². The number of aromatic nitrogens is 1. The number of rotatable bonds is 5. The number of nitrogens with zero attached hydrogens (tertiary/aromatic N) is 1. The first-order valence-corrected chi connectivity index (χ1v) is 10.6. The zero-order valence-corrected chi connectivity index (χ0v) is 19.0. The average molecular weight is 422 g/mol. The minimum Gasteiger partial charge on any atom is -0.493 e. The second-order valence-corrected chi connectivity index (χ2v) is 8.10. The van der Waals surface area contributed by atoms with Crippen LogP contribution in [0.4, 0.5) is 4.39 Å². The minimum atomic E-state index is -0.260. The van der Waals surface area contributed by atoms with Crippen LogP contribution in [0.1, 0.15) is 46.1 Å². The van der Waals surface area contributed by atoms with Gasteiger partial charge in [0.2, 0.25) is 0 Å². The molecular weight excluding hydrogens is 393 g/mol. The molecule has 0 bridgehead atoms. The number of fused-ring (bicyclic) bond motifs is 3. The quantitative estimate of drug-likeness (QED) is 0.471. The van der Waals surface area contributed by atoms with E-state index in [9.17, 15) is 4.79 Å². The van der Waals surface area contributed by atoms with Gasteiger partial charge in [-0.15, -0.1) is 0 Å². The fraction of sp³-hybridized carbons (Fsp3) is 0.346. The number of ether oxygens (including phenoxy) is 2. The predicted octanol–water partition coefficient (Wildman–Crippen LogP) is 6.05. The monoisotopic (exact) mass is 421 g/mol. The Labute approximate surface area is 182 Å². The van der Waals surface area contributed by atoms with Gasteiger partial charge in [-0.25, -0.2) is 4.39 Å². The van der Waals surface area contributed by atoms with E-state index in [-0.39, 0.29) is 11.6 Å². The molecule has 0 N–H and O–H groups in total. The van der Waals surface area contributed by atoms with Gasteiger partial charge < -0.3 is 14.0 Å². The number of ketones is 1. The van der Waals surface area contributed by atoms with Crippen LogP contribution in [-0.2, 0) is 13.0 Å². The molecule has 0 fully saturated rings. The van der Waals surface area contributed by atoms with Crippen LogP contribution in [0.5, 0.6) is 11.5 Å². The Hall–Kier alpha value is -3.08. The topological polar surface area (TPSA) is 40.5 Å². The largest absolute Gasteiger partial charge is 0.493 e. The Morgan fingerprint density at radius 1 is 1.06 bits per heavy atom. The fourth-order valence-corrected chi connectivity index (χ4v) is 4.63. The smallest absolute Gasteiger partial charge is 0.165 e. The van der Waals surface area contributed by atoms with Crippen molar-refractivity contribution in [3.05, 3.63) is 58.0 Å². The summed E-state index contributed by atoms with van der Waals surface area (Å²) in [5.41, 5.74) is 7.09. The van der Waals surface area contributed by atoms with Crippen LogP contribution in [0.15, 0.2) is 24.3 Å². The number of benzene rings is 2. The van der Waals surface area contributed by atoms with E-state index in [1.54, 1.807) is 27.2 Å². The van der Waals surface area contributed by atoms with Crippen LogP contribution < -0.4 is 9.47 Å². The van der Waals surface area contributed by atoms with Gasteiger partial charge in [0, 0.05) is 35.3 Å². The van der Waals surface area contributed by atoms with Gasteiger partial charge in [0.1, 0.15) is 5.82 Å². The van der Waals surface area contributed by atoms with E-state index in [2.05, 4.69) is 4.57 Å². The molecule has 0 aliphatic carbocycles. The normalized spacial score (nSPS) is 12.4. The molecule has 0 amide bonds. The predicted molar refractivity (Wildman–Crippen MR) is 121 cm³/mol. The van der Waals surface area contributed by atoms with E-state index in [0.29, 0.717) is 40.2 Å². The Kier molecular flexibility index (Phi) is 5.38. The molecule has 1 aliphatic heterocycles. The van der Waals surface area contributed by atoms with Crippen molar-refractivity contribution in [1.29, 1.82) is 0 Å². The van der Waals surface area contributed by atoms with Crippen molar-refractivity contribution in [3.63, 3.8) is 0 Å². The van der Waals surface area contributed by atoms with Crippen LogP contribution >= 0.6 is 0 Å². The van der Waals surface area contributed by atoms with E-state index in [1.165, 1.54) is 0 Å². The van der Waals surface area contributed by atoms with E-state index in [4.69, 9.17) is 9.47 Å². The van der Waals surface area contributed by atoms with Gasteiger partial charge in [-0.2, -0.15) is 0 Å². The maximum atomic E-state index is 15.4. The lowest BCUT2D eigenvalue weighted by Gasteiger charge is -2.23. The highest BCUT2D eigenvalue weighted by molar-refractivity contribution is 6.09. The molecule has 162 valence electrons. The molecule has 4 rings (SSSR count). The number of aryl methyl sites for hydroxylation is 2. The number of hydrogen-bond donors (Lipinski definition) is 0. The second kappa shape index (κ2) is 7.88. The summed E-state index contributed by atoms with van der Waals surface area (Å²) in [6, 6.07) is 7.64. The summed E-state index contributed by atoms with van der Waals surface area (Å²) in [5.74, 6) is 1.03.